The number of carbonyl (C=O) groups is 2. The smallest absolute Gasteiger partial charge is 0.308 e. The first-order chi connectivity index (χ1) is 11.1. The fourth-order valence-corrected chi connectivity index (χ4v) is 2.58. The highest BCUT2D eigenvalue weighted by atomic mass is 16.7. The largest absolute Gasteiger partial charge is 0.436 e. The average molecular weight is 328 g/mol. The molecule has 1 fully saturated rings. The van der Waals surface area contributed by atoms with Crippen molar-refractivity contribution in [1.29, 1.82) is 0 Å². The van der Waals surface area contributed by atoms with E-state index in [4.69, 9.17) is 9.47 Å². The lowest BCUT2D eigenvalue weighted by Gasteiger charge is -2.11. The molecule has 23 heavy (non-hydrogen) atoms. The van der Waals surface area contributed by atoms with Gasteiger partial charge >= 0.3 is 5.97 Å². The van der Waals surface area contributed by atoms with Crippen molar-refractivity contribution in [2.24, 2.45) is 5.92 Å². The molecule has 1 rings (SSSR count). The Hall–Kier alpha value is -0.900. The van der Waals surface area contributed by atoms with Crippen LogP contribution >= 0.6 is 0 Å². The van der Waals surface area contributed by atoms with Crippen LogP contribution < -0.4 is 0 Å². The van der Waals surface area contributed by atoms with Gasteiger partial charge in [-0.1, -0.05) is 47.0 Å². The van der Waals surface area contributed by atoms with Crippen molar-refractivity contribution in [3.63, 3.8) is 0 Å². The predicted molar refractivity (Wildman–Crippen MR) is 93.2 cm³/mol. The molecule has 4 nitrogen and oxygen atoms in total. The highest BCUT2D eigenvalue weighted by Gasteiger charge is 2.19. The molecule has 1 heterocycles. The topological polar surface area (TPSA) is 52.6 Å². The number of hydrogen-bond donors (Lipinski definition) is 0. The van der Waals surface area contributed by atoms with Gasteiger partial charge in [0, 0.05) is 25.7 Å². The monoisotopic (exact) mass is 328 g/mol. The standard InChI is InChI=1S/C17H30O4.C2H6/c1-3-4-8-14(2)13-15(18)9-5-6-10-16(19)21-17-11-7-12-20-17;1-2/h14,17H,3-13H2,1-2H3;1-2H3. The van der Waals surface area contributed by atoms with Crippen molar-refractivity contribution in [2.75, 3.05) is 6.61 Å². The molecule has 0 N–H and O–H groups in total. The molecule has 0 aromatic carbocycles. The number of hydrogen-bond acceptors (Lipinski definition) is 4. The first kappa shape index (κ1) is 22.1. The van der Waals surface area contributed by atoms with Crippen LogP contribution in [0.25, 0.3) is 0 Å². The maximum atomic E-state index is 11.8. The fraction of sp³-hybridized carbons (Fsp3) is 0.895. The second-order valence-corrected chi connectivity index (χ2v) is 6.13. The minimum atomic E-state index is -0.335. The maximum Gasteiger partial charge on any atom is 0.308 e. The molecule has 0 amide bonds. The van der Waals surface area contributed by atoms with Crippen molar-refractivity contribution in [1.82, 2.24) is 0 Å². The molecule has 0 spiro atoms. The zero-order valence-electron chi connectivity index (χ0n) is 15.6. The van der Waals surface area contributed by atoms with Crippen molar-refractivity contribution in [3.8, 4) is 0 Å². The minimum absolute atomic E-state index is 0.203. The lowest BCUT2D eigenvalue weighted by Crippen LogP contribution is -2.16. The Morgan fingerprint density at radius 3 is 2.48 bits per heavy atom. The quantitative estimate of drug-likeness (QED) is 0.394. The van der Waals surface area contributed by atoms with Crippen LogP contribution in [0.2, 0.25) is 0 Å². The molecule has 1 aliphatic heterocycles. The Balaban J connectivity index is 0.00000232. The van der Waals surface area contributed by atoms with Gasteiger partial charge in [0.1, 0.15) is 5.78 Å². The number of unbranched alkanes of at least 4 members (excludes halogenated alkanes) is 2. The van der Waals surface area contributed by atoms with Crippen molar-refractivity contribution >= 4 is 11.8 Å². The normalized spacial score (nSPS) is 18.0. The summed E-state index contributed by atoms with van der Waals surface area (Å²) >= 11 is 0. The van der Waals surface area contributed by atoms with E-state index in [-0.39, 0.29) is 12.3 Å². The molecule has 0 bridgehead atoms. The molecule has 136 valence electrons. The van der Waals surface area contributed by atoms with Crippen LogP contribution in [0, 0.1) is 5.92 Å². The van der Waals surface area contributed by atoms with Gasteiger partial charge in [0.15, 0.2) is 0 Å². The summed E-state index contributed by atoms with van der Waals surface area (Å²) < 4.78 is 10.4. The summed E-state index contributed by atoms with van der Waals surface area (Å²) in [6, 6.07) is 0. The van der Waals surface area contributed by atoms with Gasteiger partial charge in [-0.3, -0.25) is 9.59 Å². The third kappa shape index (κ3) is 12.2. The van der Waals surface area contributed by atoms with Crippen LogP contribution in [-0.4, -0.2) is 24.6 Å². The number of ketones is 1. The highest BCUT2D eigenvalue weighted by Crippen LogP contribution is 2.16. The molecule has 1 saturated heterocycles. The molecule has 0 aromatic heterocycles. The Morgan fingerprint density at radius 1 is 1.17 bits per heavy atom. The van der Waals surface area contributed by atoms with Gasteiger partial charge in [-0.15, -0.1) is 0 Å². The molecular formula is C19H36O4. The van der Waals surface area contributed by atoms with E-state index in [1.807, 2.05) is 13.8 Å². The summed E-state index contributed by atoms with van der Waals surface area (Å²) in [4.78, 5) is 23.4. The van der Waals surface area contributed by atoms with E-state index in [9.17, 15) is 9.59 Å². The number of esters is 1. The van der Waals surface area contributed by atoms with Gasteiger partial charge in [-0.2, -0.15) is 0 Å². The van der Waals surface area contributed by atoms with E-state index < -0.39 is 0 Å². The van der Waals surface area contributed by atoms with Gasteiger partial charge in [0.25, 0.3) is 0 Å². The third-order valence-electron chi connectivity index (χ3n) is 3.86. The van der Waals surface area contributed by atoms with E-state index in [0.717, 1.165) is 32.1 Å². The maximum absolute atomic E-state index is 11.8. The van der Waals surface area contributed by atoms with Gasteiger partial charge in [0.05, 0.1) is 6.61 Å². The molecule has 2 unspecified atom stereocenters. The Kier molecular flexibility index (Phi) is 14.1. The van der Waals surface area contributed by atoms with E-state index in [1.165, 1.54) is 12.8 Å². The second-order valence-electron chi connectivity index (χ2n) is 6.13. The van der Waals surface area contributed by atoms with Crippen molar-refractivity contribution < 1.29 is 19.1 Å². The van der Waals surface area contributed by atoms with Crippen LogP contribution in [0.5, 0.6) is 0 Å². The molecule has 0 saturated carbocycles. The van der Waals surface area contributed by atoms with Gasteiger partial charge < -0.3 is 9.47 Å². The first-order valence-electron chi connectivity index (χ1n) is 9.44. The molecule has 0 aromatic rings. The molecular weight excluding hydrogens is 292 g/mol. The molecule has 2 atom stereocenters. The number of rotatable bonds is 11. The zero-order valence-corrected chi connectivity index (χ0v) is 15.6. The second kappa shape index (κ2) is 14.7. The highest BCUT2D eigenvalue weighted by molar-refractivity contribution is 5.78. The molecule has 1 aliphatic rings. The summed E-state index contributed by atoms with van der Waals surface area (Å²) in [5, 5.41) is 0. The summed E-state index contributed by atoms with van der Waals surface area (Å²) in [5.41, 5.74) is 0. The average Bonchev–Trinajstić information content (AvgIpc) is 3.04. The molecule has 4 heteroatoms. The zero-order chi connectivity index (χ0) is 17.5. The van der Waals surface area contributed by atoms with Gasteiger partial charge in [-0.05, 0) is 25.2 Å². The lowest BCUT2D eigenvalue weighted by atomic mass is 9.96. The number of ether oxygens (including phenoxy) is 2. The Labute approximate surface area is 142 Å². The van der Waals surface area contributed by atoms with E-state index in [0.29, 0.717) is 37.6 Å². The van der Waals surface area contributed by atoms with Gasteiger partial charge in [-0.25, -0.2) is 0 Å². The summed E-state index contributed by atoms with van der Waals surface area (Å²) in [6.45, 7) is 9.00. The van der Waals surface area contributed by atoms with Crippen LogP contribution in [-0.2, 0) is 19.1 Å². The fourth-order valence-electron chi connectivity index (χ4n) is 2.58. The Morgan fingerprint density at radius 2 is 1.87 bits per heavy atom. The van der Waals surface area contributed by atoms with E-state index >= 15 is 0 Å². The van der Waals surface area contributed by atoms with Crippen LogP contribution in [0.1, 0.15) is 91.9 Å². The molecule has 0 aliphatic carbocycles. The van der Waals surface area contributed by atoms with Crippen LogP contribution in [0.4, 0.5) is 0 Å². The Bertz CT molecular complexity index is 308. The van der Waals surface area contributed by atoms with E-state index in [2.05, 4.69) is 13.8 Å². The number of carbonyl (C=O) groups excluding carboxylic acids is 2. The predicted octanol–water partition coefficient (Wildman–Crippen LogP) is 5.04. The minimum Gasteiger partial charge on any atom is -0.436 e. The van der Waals surface area contributed by atoms with Gasteiger partial charge in [0.2, 0.25) is 6.29 Å². The summed E-state index contributed by atoms with van der Waals surface area (Å²) in [7, 11) is 0. The SMILES string of the molecule is CC.CCCCC(C)CC(=O)CCCCC(=O)OC1CCCO1. The number of Topliss-reactive ketones (excluding diaryl/α,β-unsaturated/α-hetero) is 1. The summed E-state index contributed by atoms with van der Waals surface area (Å²) in [5.74, 6) is 0.610. The van der Waals surface area contributed by atoms with Crippen LogP contribution in [0.3, 0.4) is 0 Å². The van der Waals surface area contributed by atoms with Crippen molar-refractivity contribution in [2.45, 2.75) is 98.2 Å². The van der Waals surface area contributed by atoms with Crippen molar-refractivity contribution in [3.05, 3.63) is 0 Å². The summed E-state index contributed by atoms with van der Waals surface area (Å²) in [6.07, 6.45) is 8.11. The van der Waals surface area contributed by atoms with Crippen LogP contribution in [0.15, 0.2) is 0 Å². The first-order valence-corrected chi connectivity index (χ1v) is 9.44. The van der Waals surface area contributed by atoms with E-state index in [1.54, 1.807) is 0 Å². The molecule has 0 radical (unpaired) electrons. The lowest BCUT2D eigenvalue weighted by molar-refractivity contribution is -0.169. The third-order valence-corrected chi connectivity index (χ3v) is 3.86.